The molecule has 0 heterocycles. The highest BCUT2D eigenvalue weighted by atomic mass is 32.2. The van der Waals surface area contributed by atoms with Crippen LogP contribution in [0.1, 0.15) is 52.8 Å². The molecule has 0 unspecified atom stereocenters. The van der Waals surface area contributed by atoms with Crippen LogP contribution in [0.25, 0.3) is 0 Å². The summed E-state index contributed by atoms with van der Waals surface area (Å²) in [4.78, 5) is 24.2. The molecule has 0 bridgehead atoms. The van der Waals surface area contributed by atoms with Crippen LogP contribution in [-0.4, -0.2) is 38.6 Å². The largest absolute Gasteiger partial charge is 0.465 e. The van der Waals surface area contributed by atoms with Gasteiger partial charge in [0.25, 0.3) is 5.91 Å². The van der Waals surface area contributed by atoms with Gasteiger partial charge in [-0.25, -0.2) is 17.9 Å². The van der Waals surface area contributed by atoms with Gasteiger partial charge in [0.2, 0.25) is 10.0 Å². The maximum atomic E-state index is 12.6. The number of ether oxygens (including phenoxy) is 1. The molecule has 2 aromatic carbocycles. The van der Waals surface area contributed by atoms with E-state index >= 15 is 0 Å². The molecule has 0 aromatic heterocycles. The molecule has 10 heteroatoms. The molecule has 0 saturated heterocycles. The lowest BCUT2D eigenvalue weighted by atomic mass is 9.96. The Morgan fingerprint density at radius 3 is 2.31 bits per heavy atom. The first-order valence-corrected chi connectivity index (χ1v) is 12.1. The third-order valence-corrected chi connectivity index (χ3v) is 6.86. The zero-order valence-electron chi connectivity index (χ0n) is 17.6. The van der Waals surface area contributed by atoms with E-state index in [9.17, 15) is 18.0 Å². The topological polar surface area (TPSA) is 114 Å². The molecule has 0 radical (unpaired) electrons. The van der Waals surface area contributed by atoms with Crippen molar-refractivity contribution in [1.82, 2.24) is 10.0 Å². The minimum absolute atomic E-state index is 0.0213. The first kappa shape index (κ1) is 23.8. The number of rotatable bonds is 6. The Morgan fingerprint density at radius 2 is 1.66 bits per heavy atom. The molecule has 1 aliphatic carbocycles. The lowest BCUT2D eigenvalue weighted by Crippen LogP contribution is -2.36. The predicted molar refractivity (Wildman–Crippen MR) is 125 cm³/mol. The van der Waals surface area contributed by atoms with Gasteiger partial charge < -0.3 is 10.1 Å². The van der Waals surface area contributed by atoms with Gasteiger partial charge in [-0.3, -0.25) is 10.1 Å². The fourth-order valence-corrected chi connectivity index (χ4v) is 4.98. The Balaban J connectivity index is 1.58. The fourth-order valence-electron chi connectivity index (χ4n) is 3.47. The zero-order valence-corrected chi connectivity index (χ0v) is 19.2. The number of nitrogens with one attached hydrogen (secondary N) is 3. The molecule has 0 aliphatic heterocycles. The van der Waals surface area contributed by atoms with Crippen LogP contribution in [0.2, 0.25) is 0 Å². The number of carbonyl (C=O) groups is 2. The average molecular weight is 476 g/mol. The van der Waals surface area contributed by atoms with E-state index in [2.05, 4.69) is 20.1 Å². The van der Waals surface area contributed by atoms with E-state index in [4.69, 9.17) is 12.2 Å². The maximum absolute atomic E-state index is 12.6. The number of thiocarbonyl (C=S) groups is 1. The van der Waals surface area contributed by atoms with Gasteiger partial charge in [-0.1, -0.05) is 25.3 Å². The van der Waals surface area contributed by atoms with Gasteiger partial charge in [-0.15, -0.1) is 0 Å². The van der Waals surface area contributed by atoms with Crippen LogP contribution in [0.4, 0.5) is 5.69 Å². The summed E-state index contributed by atoms with van der Waals surface area (Å²) < 4.78 is 32.6. The van der Waals surface area contributed by atoms with Gasteiger partial charge in [-0.05, 0) is 67.5 Å². The molecular formula is C22H25N3O5S2. The summed E-state index contributed by atoms with van der Waals surface area (Å²) in [7, 11) is -2.33. The van der Waals surface area contributed by atoms with Crippen LogP contribution in [-0.2, 0) is 14.8 Å². The molecule has 3 N–H and O–H groups in total. The van der Waals surface area contributed by atoms with Crippen LogP contribution in [0.15, 0.2) is 53.4 Å². The molecule has 1 aliphatic rings. The molecule has 8 nitrogen and oxygen atoms in total. The first-order valence-electron chi connectivity index (χ1n) is 10.2. The summed E-state index contributed by atoms with van der Waals surface area (Å²) in [5.41, 5.74) is 1.01. The number of benzene rings is 2. The van der Waals surface area contributed by atoms with Crippen LogP contribution in [0, 0.1) is 0 Å². The smallest absolute Gasteiger partial charge is 0.337 e. The van der Waals surface area contributed by atoms with Crippen LogP contribution in [0.5, 0.6) is 0 Å². The Hall–Kier alpha value is -2.82. The van der Waals surface area contributed by atoms with Crippen LogP contribution < -0.4 is 15.4 Å². The van der Waals surface area contributed by atoms with Gasteiger partial charge in [0.1, 0.15) is 0 Å². The Bertz CT molecular complexity index is 1090. The van der Waals surface area contributed by atoms with Gasteiger partial charge in [0, 0.05) is 17.3 Å². The van der Waals surface area contributed by atoms with Crippen molar-refractivity contribution < 1.29 is 22.7 Å². The maximum Gasteiger partial charge on any atom is 0.337 e. The summed E-state index contributed by atoms with van der Waals surface area (Å²) in [6.45, 7) is 0. The highest BCUT2D eigenvalue weighted by Gasteiger charge is 2.21. The number of methoxy groups -OCH3 is 1. The third-order valence-electron chi connectivity index (χ3n) is 5.12. The number of carbonyl (C=O) groups excluding carboxylic acids is 2. The highest BCUT2D eigenvalue weighted by Crippen LogP contribution is 2.21. The minimum Gasteiger partial charge on any atom is -0.465 e. The standard InChI is InChI=1S/C22H25N3O5S2/c1-30-21(27)16-7-5-6-15(14-16)20(26)24-22(31)23-17-10-12-19(13-11-17)32(28,29)25-18-8-3-2-4-9-18/h5-7,10-14,18,25H,2-4,8-9H2,1H3,(H2,23,24,26,31). The Morgan fingerprint density at radius 1 is 1.00 bits per heavy atom. The number of esters is 1. The zero-order chi connectivity index (χ0) is 23.1. The molecule has 3 rings (SSSR count). The van der Waals surface area contributed by atoms with Gasteiger partial charge >= 0.3 is 5.97 Å². The van der Waals surface area contributed by atoms with E-state index in [0.717, 1.165) is 32.1 Å². The van der Waals surface area contributed by atoms with Crippen LogP contribution in [0.3, 0.4) is 0 Å². The second-order valence-electron chi connectivity index (χ2n) is 7.46. The highest BCUT2D eigenvalue weighted by molar-refractivity contribution is 7.89. The quantitative estimate of drug-likeness (QED) is 0.434. The molecule has 170 valence electrons. The number of anilines is 1. The first-order chi connectivity index (χ1) is 15.3. The molecular weight excluding hydrogens is 450 g/mol. The van der Waals surface area contributed by atoms with Crippen molar-refractivity contribution >= 4 is 44.9 Å². The lowest BCUT2D eigenvalue weighted by molar-refractivity contribution is 0.0600. The summed E-state index contributed by atoms with van der Waals surface area (Å²) in [5.74, 6) is -1.04. The summed E-state index contributed by atoms with van der Waals surface area (Å²) in [6.07, 6.45) is 4.93. The van der Waals surface area contributed by atoms with Gasteiger partial charge in [0.05, 0.1) is 17.6 Å². The molecule has 32 heavy (non-hydrogen) atoms. The van der Waals surface area contributed by atoms with E-state index in [1.54, 1.807) is 24.3 Å². The van der Waals surface area contributed by atoms with Gasteiger partial charge in [-0.2, -0.15) is 0 Å². The molecule has 2 aromatic rings. The minimum atomic E-state index is -3.59. The second kappa shape index (κ2) is 10.7. The summed E-state index contributed by atoms with van der Waals surface area (Å²) in [6, 6.07) is 12.2. The van der Waals surface area contributed by atoms with E-state index in [0.29, 0.717) is 5.69 Å². The van der Waals surface area contributed by atoms with Crippen molar-refractivity contribution in [2.24, 2.45) is 0 Å². The molecule has 1 saturated carbocycles. The van der Waals surface area contributed by atoms with Gasteiger partial charge in [0.15, 0.2) is 5.11 Å². The number of amides is 1. The number of hydrogen-bond donors (Lipinski definition) is 3. The Kier molecular flexibility index (Phi) is 7.94. The number of hydrogen-bond acceptors (Lipinski definition) is 6. The third kappa shape index (κ3) is 6.35. The summed E-state index contributed by atoms with van der Waals surface area (Å²) in [5, 5.41) is 5.41. The van der Waals surface area contributed by atoms with Crippen LogP contribution >= 0.6 is 12.2 Å². The van der Waals surface area contributed by atoms with Crippen molar-refractivity contribution in [1.29, 1.82) is 0 Å². The molecule has 1 amide bonds. The lowest BCUT2D eigenvalue weighted by Gasteiger charge is -2.22. The Labute approximate surface area is 192 Å². The predicted octanol–water partition coefficient (Wildman–Crippen LogP) is 3.21. The van der Waals surface area contributed by atoms with E-state index in [-0.39, 0.29) is 27.2 Å². The molecule has 1 fully saturated rings. The van der Waals surface area contributed by atoms with Crippen molar-refractivity contribution in [3.63, 3.8) is 0 Å². The van der Waals surface area contributed by atoms with E-state index in [1.165, 1.54) is 31.4 Å². The fraction of sp³-hybridized carbons (Fsp3) is 0.318. The van der Waals surface area contributed by atoms with E-state index in [1.807, 2.05) is 0 Å². The molecule has 0 spiro atoms. The van der Waals surface area contributed by atoms with Crippen molar-refractivity contribution in [2.75, 3.05) is 12.4 Å². The van der Waals surface area contributed by atoms with Crippen molar-refractivity contribution in [3.8, 4) is 0 Å². The molecule has 0 atom stereocenters. The summed E-state index contributed by atoms with van der Waals surface area (Å²) >= 11 is 5.17. The van der Waals surface area contributed by atoms with E-state index < -0.39 is 21.9 Å². The average Bonchev–Trinajstić information content (AvgIpc) is 2.79. The monoisotopic (exact) mass is 475 g/mol. The van der Waals surface area contributed by atoms with Crippen molar-refractivity contribution in [3.05, 3.63) is 59.7 Å². The normalized spacial score (nSPS) is 14.4. The SMILES string of the molecule is COC(=O)c1cccc(C(=O)NC(=S)Nc2ccc(S(=O)(=O)NC3CCCCC3)cc2)c1. The number of sulfonamides is 1. The van der Waals surface area contributed by atoms with Crippen molar-refractivity contribution in [2.45, 2.75) is 43.0 Å². The second-order valence-corrected chi connectivity index (χ2v) is 9.58.